The van der Waals surface area contributed by atoms with Gasteiger partial charge in [-0.3, -0.25) is 5.10 Å². The molecule has 0 amide bonds. The zero-order valence-corrected chi connectivity index (χ0v) is 8.04. The third-order valence-electron chi connectivity index (χ3n) is 2.97. The summed E-state index contributed by atoms with van der Waals surface area (Å²) >= 11 is 0. The van der Waals surface area contributed by atoms with E-state index in [0.717, 1.165) is 30.7 Å². The smallest absolute Gasteiger partial charge is 0.254 e. The van der Waals surface area contributed by atoms with Crippen molar-refractivity contribution in [2.45, 2.75) is 32.0 Å². The highest BCUT2D eigenvalue weighted by atomic mass is 16.7. The lowest BCUT2D eigenvalue weighted by Gasteiger charge is -2.31. The summed E-state index contributed by atoms with van der Waals surface area (Å²) in [4.78, 5) is 0. The number of aromatic nitrogens is 2. The zero-order chi connectivity index (χ0) is 9.60. The predicted octanol–water partition coefficient (Wildman–Crippen LogP) is 1.42. The molecule has 0 saturated heterocycles. The van der Waals surface area contributed by atoms with Crippen molar-refractivity contribution in [3.63, 3.8) is 0 Å². The lowest BCUT2D eigenvalue weighted by molar-refractivity contribution is -0.148. The van der Waals surface area contributed by atoms with Crippen LogP contribution >= 0.6 is 0 Å². The van der Waals surface area contributed by atoms with E-state index in [-0.39, 0.29) is 0 Å². The first kappa shape index (κ1) is 7.91. The number of aromatic amines is 1. The largest absolute Gasteiger partial charge is 0.456 e. The van der Waals surface area contributed by atoms with Gasteiger partial charge in [-0.15, -0.1) is 0 Å². The number of hydrogen-bond acceptors (Lipinski definition) is 3. The Balaban J connectivity index is 1.96. The molecule has 14 heavy (non-hydrogen) atoms. The molecule has 0 saturated carbocycles. The first-order chi connectivity index (χ1) is 6.79. The maximum Gasteiger partial charge on any atom is 0.254 e. The quantitative estimate of drug-likeness (QED) is 0.676. The summed E-state index contributed by atoms with van der Waals surface area (Å²) < 4.78 is 11.0. The maximum atomic E-state index is 5.52. The van der Waals surface area contributed by atoms with E-state index in [1.807, 2.05) is 6.92 Å². The van der Waals surface area contributed by atoms with Crippen molar-refractivity contribution in [3.05, 3.63) is 29.5 Å². The molecule has 0 bridgehead atoms. The van der Waals surface area contributed by atoms with E-state index >= 15 is 0 Å². The van der Waals surface area contributed by atoms with Gasteiger partial charge in [0.2, 0.25) is 0 Å². The summed E-state index contributed by atoms with van der Waals surface area (Å²) in [5.41, 5.74) is 3.53. The van der Waals surface area contributed by atoms with Crippen molar-refractivity contribution in [1.82, 2.24) is 10.2 Å². The van der Waals surface area contributed by atoms with E-state index < -0.39 is 5.79 Å². The summed E-state index contributed by atoms with van der Waals surface area (Å²) in [7, 11) is 0. The summed E-state index contributed by atoms with van der Waals surface area (Å²) in [6.45, 7) is 2.03. The number of nitrogens with one attached hydrogen (secondary N) is 1. The van der Waals surface area contributed by atoms with Crippen LogP contribution in [0.5, 0.6) is 0 Å². The summed E-state index contributed by atoms with van der Waals surface area (Å²) in [5.74, 6) is -0.443. The summed E-state index contributed by atoms with van der Waals surface area (Å²) in [6.07, 6.45) is 5.83. The molecule has 1 aromatic heterocycles. The number of nitrogens with zero attached hydrogens (tertiary/aromatic N) is 1. The van der Waals surface area contributed by atoms with Crippen molar-refractivity contribution >= 4 is 0 Å². The fraction of sp³-hybridized carbons (Fsp3) is 0.500. The number of H-pyrrole nitrogens is 1. The molecule has 0 unspecified atom stereocenters. The average Bonchev–Trinajstić information content (AvgIpc) is 2.77. The van der Waals surface area contributed by atoms with Crippen molar-refractivity contribution < 1.29 is 9.47 Å². The highest BCUT2D eigenvalue weighted by molar-refractivity contribution is 5.29. The number of fused-ring (bicyclic) bond motifs is 1. The summed E-state index contributed by atoms with van der Waals surface area (Å²) in [6, 6.07) is 0. The molecule has 2 heterocycles. The molecule has 74 valence electrons. The normalized spacial score (nSPS) is 21.8. The van der Waals surface area contributed by atoms with E-state index in [0.29, 0.717) is 0 Å². The standard InChI is InChI=1S/C10H12N2O2/c1-7-8-6-10(13-4-5-14-10)3-2-9(8)12-11-7/h4-5H,2-3,6H2,1H3,(H,11,12). The van der Waals surface area contributed by atoms with Gasteiger partial charge < -0.3 is 9.47 Å². The minimum atomic E-state index is -0.443. The highest BCUT2D eigenvalue weighted by Gasteiger charge is 2.41. The minimum Gasteiger partial charge on any atom is -0.456 e. The van der Waals surface area contributed by atoms with Crippen LogP contribution in [0, 0.1) is 6.92 Å². The fourth-order valence-electron chi connectivity index (χ4n) is 2.14. The van der Waals surface area contributed by atoms with Gasteiger partial charge in [-0.05, 0) is 13.3 Å². The Kier molecular flexibility index (Phi) is 1.43. The van der Waals surface area contributed by atoms with Crippen molar-refractivity contribution in [2.75, 3.05) is 0 Å². The molecule has 1 aliphatic carbocycles. The van der Waals surface area contributed by atoms with Crippen LogP contribution < -0.4 is 0 Å². The van der Waals surface area contributed by atoms with Crippen LogP contribution in [0.15, 0.2) is 12.5 Å². The molecule has 1 N–H and O–H groups in total. The number of ether oxygens (including phenoxy) is 2. The third kappa shape index (κ3) is 0.967. The van der Waals surface area contributed by atoms with Gasteiger partial charge in [-0.2, -0.15) is 5.10 Å². The lowest BCUT2D eigenvalue weighted by atomic mass is 9.91. The second-order valence-electron chi connectivity index (χ2n) is 3.87. The number of aryl methyl sites for hydroxylation is 2. The van der Waals surface area contributed by atoms with Crippen LogP contribution in [0.1, 0.15) is 23.4 Å². The minimum absolute atomic E-state index is 0.443. The first-order valence-electron chi connectivity index (χ1n) is 4.82. The first-order valence-corrected chi connectivity index (χ1v) is 4.82. The molecule has 0 radical (unpaired) electrons. The Morgan fingerprint density at radius 1 is 1.43 bits per heavy atom. The van der Waals surface area contributed by atoms with Gasteiger partial charge in [0, 0.05) is 17.7 Å². The Morgan fingerprint density at radius 2 is 2.21 bits per heavy atom. The molecule has 0 atom stereocenters. The average molecular weight is 192 g/mol. The molecule has 1 aliphatic heterocycles. The molecule has 4 nitrogen and oxygen atoms in total. The van der Waals surface area contributed by atoms with E-state index in [1.54, 1.807) is 12.5 Å². The molecule has 1 spiro atoms. The third-order valence-corrected chi connectivity index (χ3v) is 2.97. The molecule has 2 aliphatic rings. The fourth-order valence-corrected chi connectivity index (χ4v) is 2.14. The van der Waals surface area contributed by atoms with Gasteiger partial charge in [0.1, 0.15) is 12.5 Å². The SMILES string of the molecule is Cc1[nH]nc2c1CC1(CC2)OC=CO1. The van der Waals surface area contributed by atoms with Crippen LogP contribution in [-0.4, -0.2) is 16.0 Å². The van der Waals surface area contributed by atoms with Gasteiger partial charge in [-0.1, -0.05) is 0 Å². The maximum absolute atomic E-state index is 5.52. The van der Waals surface area contributed by atoms with Crippen molar-refractivity contribution in [2.24, 2.45) is 0 Å². The predicted molar refractivity (Wildman–Crippen MR) is 49.4 cm³/mol. The van der Waals surface area contributed by atoms with Gasteiger partial charge in [-0.25, -0.2) is 0 Å². The topological polar surface area (TPSA) is 47.1 Å². The van der Waals surface area contributed by atoms with Crippen LogP contribution in [0.25, 0.3) is 0 Å². The molecule has 3 rings (SSSR count). The zero-order valence-electron chi connectivity index (χ0n) is 8.04. The van der Waals surface area contributed by atoms with Crippen molar-refractivity contribution in [3.8, 4) is 0 Å². The molecule has 0 fully saturated rings. The Morgan fingerprint density at radius 3 is 3.00 bits per heavy atom. The number of hydrogen-bond donors (Lipinski definition) is 1. The van der Waals surface area contributed by atoms with Gasteiger partial charge in [0.25, 0.3) is 5.79 Å². The van der Waals surface area contributed by atoms with Gasteiger partial charge in [0.15, 0.2) is 0 Å². The lowest BCUT2D eigenvalue weighted by Crippen LogP contribution is -2.36. The summed E-state index contributed by atoms with van der Waals surface area (Å²) in [5, 5.41) is 7.26. The van der Waals surface area contributed by atoms with Crippen molar-refractivity contribution in [1.29, 1.82) is 0 Å². The molecule has 0 aromatic carbocycles. The molecule has 4 heteroatoms. The van der Waals surface area contributed by atoms with Gasteiger partial charge in [0.05, 0.1) is 12.1 Å². The van der Waals surface area contributed by atoms with E-state index in [4.69, 9.17) is 9.47 Å². The Labute approximate surface area is 81.9 Å². The van der Waals surface area contributed by atoms with E-state index in [9.17, 15) is 0 Å². The highest BCUT2D eigenvalue weighted by Crippen LogP contribution is 2.35. The van der Waals surface area contributed by atoms with Crippen LogP contribution in [-0.2, 0) is 22.3 Å². The van der Waals surface area contributed by atoms with Gasteiger partial charge >= 0.3 is 0 Å². The van der Waals surface area contributed by atoms with E-state index in [2.05, 4.69) is 10.2 Å². The number of rotatable bonds is 0. The van der Waals surface area contributed by atoms with Crippen LogP contribution in [0.3, 0.4) is 0 Å². The van der Waals surface area contributed by atoms with E-state index in [1.165, 1.54) is 5.56 Å². The molecular formula is C10H12N2O2. The molecular weight excluding hydrogens is 180 g/mol. The Bertz CT molecular complexity index is 387. The Hall–Kier alpha value is -1.45. The molecule has 1 aromatic rings. The monoisotopic (exact) mass is 192 g/mol. The van der Waals surface area contributed by atoms with Crippen LogP contribution in [0.2, 0.25) is 0 Å². The van der Waals surface area contributed by atoms with Crippen LogP contribution in [0.4, 0.5) is 0 Å². The second-order valence-corrected chi connectivity index (χ2v) is 3.87. The second kappa shape index (κ2) is 2.53.